The van der Waals surface area contributed by atoms with Crippen molar-refractivity contribution in [1.82, 2.24) is 15.5 Å². The third-order valence-electron chi connectivity index (χ3n) is 3.37. The first-order valence-electron chi connectivity index (χ1n) is 7.90. The summed E-state index contributed by atoms with van der Waals surface area (Å²) in [5.74, 6) is 0.889. The topological polar surface area (TPSA) is 48.9 Å². The van der Waals surface area contributed by atoms with Gasteiger partial charge in [0.25, 0.3) is 0 Å². The highest BCUT2D eigenvalue weighted by Gasteiger charge is 2.02. The quantitative estimate of drug-likeness (QED) is 0.393. The Labute approximate surface area is 138 Å². The van der Waals surface area contributed by atoms with Gasteiger partial charge in [0.15, 0.2) is 5.96 Å². The Balaban J connectivity index is 2.32. The molecule has 0 aliphatic carbocycles. The molecular formula is C16H30N4OS. The lowest BCUT2D eigenvalue weighted by Crippen LogP contribution is -2.41. The number of hydrogen-bond acceptors (Lipinski definition) is 4. The molecular weight excluding hydrogens is 296 g/mol. The van der Waals surface area contributed by atoms with Crippen molar-refractivity contribution < 1.29 is 4.74 Å². The number of guanidine groups is 1. The van der Waals surface area contributed by atoms with Crippen LogP contribution in [-0.2, 0) is 11.3 Å². The predicted octanol–water partition coefficient (Wildman–Crippen LogP) is 2.08. The highest BCUT2D eigenvalue weighted by Crippen LogP contribution is 2.16. The first-order valence-corrected chi connectivity index (χ1v) is 8.78. The fraction of sp³-hybridized carbons (Fsp3) is 0.688. The first-order chi connectivity index (χ1) is 10.7. The highest BCUT2D eigenvalue weighted by atomic mass is 32.1. The molecule has 1 aromatic rings. The van der Waals surface area contributed by atoms with Crippen molar-refractivity contribution in [3.05, 3.63) is 21.9 Å². The summed E-state index contributed by atoms with van der Waals surface area (Å²) < 4.78 is 5.07. The summed E-state index contributed by atoms with van der Waals surface area (Å²) in [6.07, 6.45) is 1.07. The van der Waals surface area contributed by atoms with E-state index < -0.39 is 0 Å². The molecule has 126 valence electrons. The van der Waals surface area contributed by atoms with Gasteiger partial charge in [-0.15, -0.1) is 11.3 Å². The zero-order valence-electron chi connectivity index (χ0n) is 14.3. The number of rotatable bonds is 10. The molecule has 0 spiro atoms. The van der Waals surface area contributed by atoms with E-state index >= 15 is 0 Å². The maximum absolute atomic E-state index is 5.07. The van der Waals surface area contributed by atoms with E-state index in [0.717, 1.165) is 51.7 Å². The second-order valence-corrected chi connectivity index (χ2v) is 6.30. The Morgan fingerprint density at radius 3 is 2.82 bits per heavy atom. The summed E-state index contributed by atoms with van der Waals surface area (Å²) in [6, 6.07) is 2.14. The highest BCUT2D eigenvalue weighted by molar-refractivity contribution is 7.10. The van der Waals surface area contributed by atoms with Crippen LogP contribution in [0.3, 0.4) is 0 Å². The van der Waals surface area contributed by atoms with Gasteiger partial charge < -0.3 is 20.3 Å². The summed E-state index contributed by atoms with van der Waals surface area (Å²) in [7, 11) is 3.88. The molecule has 6 heteroatoms. The molecule has 0 bridgehead atoms. The Bertz CT molecular complexity index is 434. The van der Waals surface area contributed by atoms with Crippen molar-refractivity contribution in [2.45, 2.75) is 26.8 Å². The minimum atomic E-state index is 0.739. The van der Waals surface area contributed by atoms with Crippen LogP contribution in [0, 0.1) is 6.92 Å². The lowest BCUT2D eigenvalue weighted by Gasteiger charge is -2.18. The van der Waals surface area contributed by atoms with Crippen LogP contribution in [0.2, 0.25) is 0 Å². The van der Waals surface area contributed by atoms with Crippen LogP contribution in [0.5, 0.6) is 0 Å². The van der Waals surface area contributed by atoms with Gasteiger partial charge in [-0.1, -0.05) is 0 Å². The van der Waals surface area contributed by atoms with Crippen LogP contribution >= 0.6 is 11.3 Å². The fourth-order valence-electron chi connectivity index (χ4n) is 2.01. The van der Waals surface area contributed by atoms with Gasteiger partial charge in [-0.25, -0.2) is 4.99 Å². The second-order valence-electron chi connectivity index (χ2n) is 5.30. The van der Waals surface area contributed by atoms with Crippen LogP contribution in [0.4, 0.5) is 0 Å². The van der Waals surface area contributed by atoms with E-state index in [2.05, 4.69) is 52.9 Å². The molecule has 0 atom stereocenters. The van der Waals surface area contributed by atoms with Crippen molar-refractivity contribution in [3.63, 3.8) is 0 Å². The van der Waals surface area contributed by atoms with Gasteiger partial charge in [0.1, 0.15) is 0 Å². The van der Waals surface area contributed by atoms with E-state index in [1.165, 1.54) is 10.4 Å². The molecule has 2 N–H and O–H groups in total. The number of hydrogen-bond donors (Lipinski definition) is 2. The monoisotopic (exact) mass is 326 g/mol. The molecule has 0 saturated carbocycles. The first kappa shape index (κ1) is 18.9. The number of methoxy groups -OCH3 is 1. The second kappa shape index (κ2) is 11.5. The molecule has 0 aliphatic rings. The summed E-state index contributed by atoms with van der Waals surface area (Å²) in [5, 5.41) is 8.81. The average Bonchev–Trinajstić information content (AvgIpc) is 2.90. The Hall–Kier alpha value is -1.11. The number of aliphatic imine (C=N–C) groups is 1. The predicted molar refractivity (Wildman–Crippen MR) is 95.9 cm³/mol. The van der Waals surface area contributed by atoms with Crippen LogP contribution in [-0.4, -0.2) is 57.8 Å². The summed E-state index contributed by atoms with van der Waals surface area (Å²) in [6.45, 7) is 9.59. The Morgan fingerprint density at radius 1 is 1.36 bits per heavy atom. The molecule has 0 radical (unpaired) electrons. The maximum atomic E-state index is 5.07. The molecule has 0 aromatic carbocycles. The molecule has 0 amide bonds. The summed E-state index contributed by atoms with van der Waals surface area (Å²) in [4.78, 5) is 8.29. The standard InChI is InChI=1S/C16H30N4OS/c1-5-17-16(19-13-15-14(2)7-12-22-15)18-8-10-20(3)9-6-11-21-4/h7,12H,5-6,8-11,13H2,1-4H3,(H2,17,18,19). The van der Waals surface area contributed by atoms with Gasteiger partial charge in [0.2, 0.25) is 0 Å². The van der Waals surface area contributed by atoms with Gasteiger partial charge in [-0.05, 0) is 44.3 Å². The van der Waals surface area contributed by atoms with Gasteiger partial charge in [-0.2, -0.15) is 0 Å². The van der Waals surface area contributed by atoms with Crippen molar-refractivity contribution in [2.75, 3.05) is 46.9 Å². The van der Waals surface area contributed by atoms with E-state index in [4.69, 9.17) is 4.74 Å². The van der Waals surface area contributed by atoms with E-state index in [9.17, 15) is 0 Å². The number of nitrogens with zero attached hydrogens (tertiary/aromatic N) is 2. The van der Waals surface area contributed by atoms with Crippen LogP contribution in [0.25, 0.3) is 0 Å². The van der Waals surface area contributed by atoms with Crippen molar-refractivity contribution >= 4 is 17.3 Å². The lowest BCUT2D eigenvalue weighted by molar-refractivity contribution is 0.180. The number of likely N-dealkylation sites (N-methyl/N-ethyl adjacent to an activating group) is 1. The number of ether oxygens (including phenoxy) is 1. The molecule has 1 rings (SSSR count). The molecule has 22 heavy (non-hydrogen) atoms. The smallest absolute Gasteiger partial charge is 0.191 e. The van der Waals surface area contributed by atoms with E-state index in [1.54, 1.807) is 18.4 Å². The van der Waals surface area contributed by atoms with Crippen molar-refractivity contribution in [2.24, 2.45) is 4.99 Å². The molecule has 5 nitrogen and oxygen atoms in total. The third-order valence-corrected chi connectivity index (χ3v) is 4.38. The zero-order valence-corrected chi connectivity index (χ0v) is 15.1. The average molecular weight is 327 g/mol. The molecule has 0 aliphatic heterocycles. The van der Waals surface area contributed by atoms with Crippen molar-refractivity contribution in [1.29, 1.82) is 0 Å². The van der Waals surface area contributed by atoms with Crippen LogP contribution in [0.1, 0.15) is 23.8 Å². The molecule has 1 aromatic heterocycles. The number of aryl methyl sites for hydroxylation is 1. The van der Waals surface area contributed by atoms with Crippen LogP contribution < -0.4 is 10.6 Å². The largest absolute Gasteiger partial charge is 0.385 e. The number of nitrogens with one attached hydrogen (secondary N) is 2. The van der Waals surface area contributed by atoms with Crippen LogP contribution in [0.15, 0.2) is 16.4 Å². The molecule has 0 saturated heterocycles. The van der Waals surface area contributed by atoms with E-state index in [1.807, 2.05) is 0 Å². The normalized spacial score (nSPS) is 12.0. The molecule has 1 heterocycles. The van der Waals surface area contributed by atoms with Gasteiger partial charge >= 0.3 is 0 Å². The van der Waals surface area contributed by atoms with E-state index in [-0.39, 0.29) is 0 Å². The Kier molecular flexibility index (Phi) is 9.86. The maximum Gasteiger partial charge on any atom is 0.191 e. The fourth-order valence-corrected chi connectivity index (χ4v) is 2.84. The minimum Gasteiger partial charge on any atom is -0.385 e. The van der Waals surface area contributed by atoms with E-state index in [0.29, 0.717) is 0 Å². The third kappa shape index (κ3) is 7.77. The minimum absolute atomic E-state index is 0.739. The molecule has 0 fully saturated rings. The Morgan fingerprint density at radius 2 is 2.18 bits per heavy atom. The van der Waals surface area contributed by atoms with Gasteiger partial charge in [0.05, 0.1) is 6.54 Å². The summed E-state index contributed by atoms with van der Waals surface area (Å²) in [5.41, 5.74) is 1.32. The number of thiophene rings is 1. The zero-order chi connectivity index (χ0) is 16.2. The summed E-state index contributed by atoms with van der Waals surface area (Å²) >= 11 is 1.77. The lowest BCUT2D eigenvalue weighted by atomic mass is 10.3. The SMILES string of the molecule is CCNC(=NCc1sccc1C)NCCN(C)CCCOC. The van der Waals surface area contributed by atoms with Gasteiger partial charge in [-0.3, -0.25) is 0 Å². The van der Waals surface area contributed by atoms with Crippen molar-refractivity contribution in [3.8, 4) is 0 Å². The van der Waals surface area contributed by atoms with Gasteiger partial charge in [0, 0.05) is 44.8 Å². The molecule has 0 unspecified atom stereocenters.